The second kappa shape index (κ2) is 9.74. The fourth-order valence-corrected chi connectivity index (χ4v) is 5.33. The summed E-state index contributed by atoms with van der Waals surface area (Å²) in [5.41, 5.74) is 2.10. The van der Waals surface area contributed by atoms with Gasteiger partial charge in [-0.3, -0.25) is 9.59 Å². The number of fused-ring (bicyclic) bond motifs is 1. The zero-order valence-electron chi connectivity index (χ0n) is 18.3. The highest BCUT2D eigenvalue weighted by Gasteiger charge is 2.42. The molecular weight excluding hydrogens is 466 g/mol. The van der Waals surface area contributed by atoms with Gasteiger partial charge in [-0.2, -0.15) is 0 Å². The summed E-state index contributed by atoms with van der Waals surface area (Å²) >= 11 is 12.7. The van der Waals surface area contributed by atoms with Crippen LogP contribution in [0.2, 0.25) is 10.0 Å². The van der Waals surface area contributed by atoms with Crippen molar-refractivity contribution in [3.63, 3.8) is 0 Å². The van der Waals surface area contributed by atoms with E-state index in [1.165, 1.54) is 18.2 Å². The van der Waals surface area contributed by atoms with Crippen molar-refractivity contribution in [3.8, 4) is 16.9 Å². The third-order valence-electron chi connectivity index (χ3n) is 6.52. The maximum absolute atomic E-state index is 13.5. The molecule has 2 unspecified atom stereocenters. The molecule has 2 aliphatic rings. The van der Waals surface area contributed by atoms with Gasteiger partial charge >= 0.3 is 0 Å². The average Bonchev–Trinajstić information content (AvgIpc) is 3.37. The molecule has 4 rings (SSSR count). The smallest absolute Gasteiger partial charge is 0.245 e. The molecule has 2 heterocycles. The van der Waals surface area contributed by atoms with Crippen LogP contribution in [-0.2, 0) is 16.0 Å². The number of ether oxygens (including phenoxy) is 1. The zero-order valence-corrected chi connectivity index (χ0v) is 19.8. The molecule has 5 nitrogen and oxygen atoms in total. The van der Waals surface area contributed by atoms with Gasteiger partial charge < -0.3 is 14.5 Å². The Balaban J connectivity index is 1.45. The SMILES string of the molecule is C=CC(=O)N1CC2CN(C(=O)CCc3cc(-c4ccc(F)cc4Cl)c(Cl)cc3OC)CC2C1. The minimum Gasteiger partial charge on any atom is -0.496 e. The first-order chi connectivity index (χ1) is 15.8. The normalized spacial score (nSPS) is 19.5. The molecule has 0 radical (unpaired) electrons. The molecule has 0 bridgehead atoms. The molecular formula is C25H25Cl2FN2O3. The predicted molar refractivity (Wildman–Crippen MR) is 127 cm³/mol. The van der Waals surface area contributed by atoms with Crippen LogP contribution in [0.3, 0.4) is 0 Å². The molecule has 2 aromatic rings. The van der Waals surface area contributed by atoms with E-state index in [0.29, 0.717) is 72.8 Å². The van der Waals surface area contributed by atoms with E-state index in [9.17, 15) is 14.0 Å². The molecule has 2 amide bonds. The molecule has 0 spiro atoms. The van der Waals surface area contributed by atoms with Crippen LogP contribution in [0.4, 0.5) is 4.39 Å². The van der Waals surface area contributed by atoms with Crippen LogP contribution in [0.1, 0.15) is 12.0 Å². The number of halogens is 3. The molecule has 174 valence electrons. The Morgan fingerprint density at radius 2 is 1.70 bits per heavy atom. The van der Waals surface area contributed by atoms with Gasteiger partial charge in [-0.25, -0.2) is 4.39 Å². The summed E-state index contributed by atoms with van der Waals surface area (Å²) in [6, 6.07) is 7.71. The number of carbonyl (C=O) groups is 2. The molecule has 0 aliphatic carbocycles. The Morgan fingerprint density at radius 3 is 2.30 bits per heavy atom. The van der Waals surface area contributed by atoms with E-state index in [0.717, 1.165) is 5.56 Å². The number of amides is 2. The van der Waals surface area contributed by atoms with E-state index in [2.05, 4.69) is 6.58 Å². The lowest BCUT2D eigenvalue weighted by Gasteiger charge is -2.21. The Morgan fingerprint density at radius 1 is 1.06 bits per heavy atom. The van der Waals surface area contributed by atoms with E-state index in [-0.39, 0.29) is 16.8 Å². The molecule has 0 aromatic heterocycles. The molecule has 0 N–H and O–H groups in total. The van der Waals surface area contributed by atoms with Crippen molar-refractivity contribution in [1.82, 2.24) is 9.80 Å². The largest absolute Gasteiger partial charge is 0.496 e. The summed E-state index contributed by atoms with van der Waals surface area (Å²) in [4.78, 5) is 28.5. The summed E-state index contributed by atoms with van der Waals surface area (Å²) in [6.07, 6.45) is 2.14. The number of nitrogens with zero attached hydrogens (tertiary/aromatic N) is 2. The first kappa shape index (κ1) is 23.6. The summed E-state index contributed by atoms with van der Waals surface area (Å²) in [5.74, 6) is 0.821. The Bertz CT molecular complexity index is 1090. The third-order valence-corrected chi connectivity index (χ3v) is 7.15. The number of methoxy groups -OCH3 is 1. The lowest BCUT2D eigenvalue weighted by atomic mass is 9.99. The van der Waals surface area contributed by atoms with Crippen molar-refractivity contribution in [2.24, 2.45) is 11.8 Å². The monoisotopic (exact) mass is 490 g/mol. The molecule has 8 heteroatoms. The van der Waals surface area contributed by atoms with Crippen LogP contribution in [0.15, 0.2) is 43.0 Å². The molecule has 2 atom stereocenters. The standard InChI is InChI=1S/C25H25Cl2FN2O3/c1-3-24(31)29-11-16-13-30(14-17(16)12-29)25(32)7-4-15-8-20(22(27)10-23(15)33-2)19-6-5-18(28)9-21(19)26/h3,5-6,8-10,16-17H,1,4,7,11-14H2,2H3. The Kier molecular flexibility index (Phi) is 6.96. The first-order valence-electron chi connectivity index (χ1n) is 10.8. The average molecular weight is 491 g/mol. The first-order valence-corrected chi connectivity index (χ1v) is 11.6. The van der Waals surface area contributed by atoms with Crippen molar-refractivity contribution in [2.45, 2.75) is 12.8 Å². The lowest BCUT2D eigenvalue weighted by molar-refractivity contribution is -0.130. The van der Waals surface area contributed by atoms with Gasteiger partial charge in [-0.1, -0.05) is 29.8 Å². The highest BCUT2D eigenvalue weighted by atomic mass is 35.5. The van der Waals surface area contributed by atoms with Gasteiger partial charge in [0.1, 0.15) is 11.6 Å². The summed E-state index contributed by atoms with van der Waals surface area (Å²) in [7, 11) is 1.56. The quantitative estimate of drug-likeness (QED) is 0.544. The number of rotatable bonds is 6. The summed E-state index contributed by atoms with van der Waals surface area (Å²) < 4.78 is 19.0. The van der Waals surface area contributed by atoms with Crippen LogP contribution >= 0.6 is 23.2 Å². The van der Waals surface area contributed by atoms with Gasteiger partial charge in [0.2, 0.25) is 11.8 Å². The number of hydrogen-bond acceptors (Lipinski definition) is 3. The van der Waals surface area contributed by atoms with Gasteiger partial charge in [0.15, 0.2) is 0 Å². The van der Waals surface area contributed by atoms with E-state index in [1.54, 1.807) is 19.2 Å². The number of carbonyl (C=O) groups excluding carboxylic acids is 2. The van der Waals surface area contributed by atoms with Crippen LogP contribution in [0, 0.1) is 17.7 Å². The summed E-state index contributed by atoms with van der Waals surface area (Å²) in [5, 5.41) is 0.693. The highest BCUT2D eigenvalue weighted by molar-refractivity contribution is 6.36. The molecule has 2 saturated heterocycles. The Labute approximate surface area is 202 Å². The maximum atomic E-state index is 13.5. The number of hydrogen-bond donors (Lipinski definition) is 0. The van der Waals surface area contributed by atoms with E-state index < -0.39 is 5.82 Å². The Hall–Kier alpha value is -2.57. The second-order valence-corrected chi connectivity index (χ2v) is 9.35. The van der Waals surface area contributed by atoms with Crippen LogP contribution in [-0.4, -0.2) is 54.9 Å². The van der Waals surface area contributed by atoms with Gasteiger partial charge in [-0.05, 0) is 48.4 Å². The van der Waals surface area contributed by atoms with Crippen molar-refractivity contribution < 1.29 is 18.7 Å². The maximum Gasteiger partial charge on any atom is 0.245 e. The van der Waals surface area contributed by atoms with Crippen LogP contribution in [0.5, 0.6) is 5.75 Å². The summed E-state index contributed by atoms with van der Waals surface area (Å²) in [6.45, 7) is 6.23. The minimum absolute atomic E-state index is 0.0471. The van der Waals surface area contributed by atoms with Gasteiger partial charge in [0, 0.05) is 55.6 Å². The van der Waals surface area contributed by atoms with Crippen LogP contribution < -0.4 is 4.74 Å². The minimum atomic E-state index is -0.424. The van der Waals surface area contributed by atoms with Crippen molar-refractivity contribution in [2.75, 3.05) is 33.3 Å². The third kappa shape index (κ3) is 4.87. The fraction of sp³-hybridized carbons (Fsp3) is 0.360. The lowest BCUT2D eigenvalue weighted by Crippen LogP contribution is -2.35. The molecule has 2 aliphatic heterocycles. The molecule has 0 saturated carbocycles. The van der Waals surface area contributed by atoms with E-state index >= 15 is 0 Å². The van der Waals surface area contributed by atoms with Gasteiger partial charge in [0.05, 0.1) is 17.2 Å². The number of benzene rings is 2. The highest BCUT2D eigenvalue weighted by Crippen LogP contribution is 2.38. The zero-order chi connectivity index (χ0) is 23.7. The number of likely N-dealkylation sites (tertiary alicyclic amines) is 2. The van der Waals surface area contributed by atoms with E-state index in [1.807, 2.05) is 15.9 Å². The molecule has 33 heavy (non-hydrogen) atoms. The fourth-order valence-electron chi connectivity index (χ4n) is 4.81. The second-order valence-electron chi connectivity index (χ2n) is 8.53. The van der Waals surface area contributed by atoms with E-state index in [4.69, 9.17) is 27.9 Å². The van der Waals surface area contributed by atoms with Crippen molar-refractivity contribution >= 4 is 35.0 Å². The topological polar surface area (TPSA) is 49.9 Å². The van der Waals surface area contributed by atoms with Crippen molar-refractivity contribution in [1.29, 1.82) is 0 Å². The van der Waals surface area contributed by atoms with Crippen LogP contribution in [0.25, 0.3) is 11.1 Å². The predicted octanol–water partition coefficient (Wildman–Crippen LogP) is 4.84. The van der Waals surface area contributed by atoms with Gasteiger partial charge in [0.25, 0.3) is 0 Å². The molecule has 2 fully saturated rings. The van der Waals surface area contributed by atoms with Crippen molar-refractivity contribution in [3.05, 3.63) is 64.4 Å². The number of aryl methyl sites for hydroxylation is 1. The van der Waals surface area contributed by atoms with Gasteiger partial charge in [-0.15, -0.1) is 0 Å². The molecule has 2 aromatic carbocycles.